The van der Waals surface area contributed by atoms with Crippen molar-refractivity contribution in [2.24, 2.45) is 0 Å². The second kappa shape index (κ2) is 4.87. The highest BCUT2D eigenvalue weighted by atomic mass is 79.9. The minimum atomic E-state index is -0.333. The third-order valence-electron chi connectivity index (χ3n) is 2.51. The zero-order chi connectivity index (χ0) is 12.4. The van der Waals surface area contributed by atoms with Crippen LogP contribution in [0.15, 0.2) is 27.2 Å². The number of nitrogens with zero attached hydrogens (tertiary/aromatic N) is 1. The lowest BCUT2D eigenvalue weighted by atomic mass is 10.0. The fourth-order valence-corrected chi connectivity index (χ4v) is 2.15. The summed E-state index contributed by atoms with van der Waals surface area (Å²) >= 11 is 3.21. The van der Waals surface area contributed by atoms with Crippen molar-refractivity contribution in [3.05, 3.63) is 34.1 Å². The standard InChI is InChI=1S/C12H12BrFN2O/c1-2-4-8-11(17-16-12(8)15)7-5-3-6-9(14)10(7)13/h3,5-6H,2,4H2,1H3,(H2,15,16). The van der Waals surface area contributed by atoms with Gasteiger partial charge in [0.05, 0.1) is 4.47 Å². The molecular weight excluding hydrogens is 287 g/mol. The minimum Gasteiger partial charge on any atom is -0.381 e. The Hall–Kier alpha value is -1.36. The third-order valence-corrected chi connectivity index (χ3v) is 3.32. The number of nitrogen functional groups attached to an aromatic ring is 1. The van der Waals surface area contributed by atoms with Crippen molar-refractivity contribution >= 4 is 21.7 Å². The van der Waals surface area contributed by atoms with Crippen molar-refractivity contribution in [3.63, 3.8) is 0 Å². The molecule has 0 spiro atoms. The minimum absolute atomic E-state index is 0.333. The molecule has 0 unspecified atom stereocenters. The first-order valence-corrected chi connectivity index (χ1v) is 6.12. The van der Waals surface area contributed by atoms with Crippen LogP contribution in [-0.4, -0.2) is 5.16 Å². The van der Waals surface area contributed by atoms with E-state index in [2.05, 4.69) is 21.1 Å². The van der Waals surface area contributed by atoms with Crippen molar-refractivity contribution in [2.45, 2.75) is 19.8 Å². The summed E-state index contributed by atoms with van der Waals surface area (Å²) in [5, 5.41) is 3.74. The van der Waals surface area contributed by atoms with E-state index in [-0.39, 0.29) is 5.82 Å². The Morgan fingerprint density at radius 1 is 1.47 bits per heavy atom. The Morgan fingerprint density at radius 3 is 2.94 bits per heavy atom. The smallest absolute Gasteiger partial charge is 0.173 e. The van der Waals surface area contributed by atoms with Crippen LogP contribution < -0.4 is 5.73 Å². The SMILES string of the molecule is CCCc1c(N)noc1-c1cccc(F)c1Br. The Kier molecular flexibility index (Phi) is 3.47. The second-order valence-corrected chi connectivity index (χ2v) is 4.52. The zero-order valence-electron chi connectivity index (χ0n) is 9.34. The molecular formula is C12H12BrFN2O. The van der Waals surface area contributed by atoms with Gasteiger partial charge in [-0.3, -0.25) is 0 Å². The Morgan fingerprint density at radius 2 is 2.24 bits per heavy atom. The number of halogens is 2. The normalized spacial score (nSPS) is 10.8. The largest absolute Gasteiger partial charge is 0.381 e. The monoisotopic (exact) mass is 298 g/mol. The summed E-state index contributed by atoms with van der Waals surface area (Å²) in [6.07, 6.45) is 1.68. The molecule has 1 aromatic carbocycles. The van der Waals surface area contributed by atoms with Gasteiger partial charge in [-0.25, -0.2) is 4.39 Å². The molecule has 0 saturated heterocycles. The first kappa shape index (κ1) is 12.1. The fraction of sp³-hybridized carbons (Fsp3) is 0.250. The predicted molar refractivity (Wildman–Crippen MR) is 68.0 cm³/mol. The summed E-state index contributed by atoms with van der Waals surface area (Å²) in [5.74, 6) is 0.577. The van der Waals surface area contributed by atoms with Crippen molar-refractivity contribution in [2.75, 3.05) is 5.73 Å². The Balaban J connectivity index is 2.56. The van der Waals surface area contributed by atoms with Crippen molar-refractivity contribution in [1.82, 2.24) is 5.16 Å². The highest BCUT2D eigenvalue weighted by Gasteiger charge is 2.18. The number of nitrogens with two attached hydrogens (primary N) is 1. The Labute approximate surface area is 107 Å². The fourth-order valence-electron chi connectivity index (χ4n) is 1.70. The maximum absolute atomic E-state index is 13.4. The lowest BCUT2D eigenvalue weighted by Gasteiger charge is -2.04. The number of hydrogen-bond donors (Lipinski definition) is 1. The van der Waals surface area contributed by atoms with Crippen LogP contribution in [-0.2, 0) is 6.42 Å². The predicted octanol–water partition coefficient (Wildman–Crippen LogP) is 3.78. The molecule has 0 radical (unpaired) electrons. The average molecular weight is 299 g/mol. The van der Waals surface area contributed by atoms with Crippen molar-refractivity contribution < 1.29 is 8.91 Å². The van der Waals surface area contributed by atoms with Gasteiger partial charge in [-0.15, -0.1) is 0 Å². The van der Waals surface area contributed by atoms with Crippen LogP contribution in [0, 0.1) is 5.82 Å². The molecule has 2 N–H and O–H groups in total. The molecule has 0 saturated carbocycles. The molecule has 0 fully saturated rings. The van der Waals surface area contributed by atoms with Crippen LogP contribution in [0.1, 0.15) is 18.9 Å². The second-order valence-electron chi connectivity index (χ2n) is 3.73. The summed E-state index contributed by atoms with van der Waals surface area (Å²) in [6.45, 7) is 2.04. The van der Waals surface area contributed by atoms with E-state index >= 15 is 0 Å². The van der Waals surface area contributed by atoms with Crippen LogP contribution in [0.5, 0.6) is 0 Å². The molecule has 0 aliphatic rings. The van der Waals surface area contributed by atoms with Crippen molar-refractivity contribution in [3.8, 4) is 11.3 Å². The maximum atomic E-state index is 13.4. The van der Waals surface area contributed by atoms with Crippen LogP contribution >= 0.6 is 15.9 Å². The topological polar surface area (TPSA) is 52.0 Å². The number of benzene rings is 1. The van der Waals surface area contributed by atoms with Gasteiger partial charge in [0.15, 0.2) is 11.6 Å². The van der Waals surface area contributed by atoms with E-state index in [4.69, 9.17) is 10.3 Å². The number of hydrogen-bond acceptors (Lipinski definition) is 3. The van der Waals surface area contributed by atoms with E-state index in [9.17, 15) is 4.39 Å². The maximum Gasteiger partial charge on any atom is 0.173 e. The molecule has 0 aliphatic heterocycles. The van der Waals surface area contributed by atoms with E-state index in [0.29, 0.717) is 21.6 Å². The molecule has 17 heavy (non-hydrogen) atoms. The van der Waals surface area contributed by atoms with Gasteiger partial charge in [-0.2, -0.15) is 0 Å². The molecule has 2 aromatic rings. The highest BCUT2D eigenvalue weighted by molar-refractivity contribution is 9.10. The van der Waals surface area contributed by atoms with Crippen LogP contribution in [0.3, 0.4) is 0 Å². The van der Waals surface area contributed by atoms with Crippen LogP contribution in [0.2, 0.25) is 0 Å². The van der Waals surface area contributed by atoms with Gasteiger partial charge in [0.1, 0.15) is 5.82 Å². The molecule has 0 atom stereocenters. The van der Waals surface area contributed by atoms with Gasteiger partial charge in [0.25, 0.3) is 0 Å². The average Bonchev–Trinajstić information content (AvgIpc) is 2.66. The van der Waals surface area contributed by atoms with E-state index < -0.39 is 0 Å². The summed E-state index contributed by atoms with van der Waals surface area (Å²) in [7, 11) is 0. The highest BCUT2D eigenvalue weighted by Crippen LogP contribution is 2.35. The van der Waals surface area contributed by atoms with Gasteiger partial charge in [-0.1, -0.05) is 24.6 Å². The van der Waals surface area contributed by atoms with E-state index in [1.165, 1.54) is 6.07 Å². The molecule has 0 bridgehead atoms. The first-order valence-electron chi connectivity index (χ1n) is 5.33. The Bertz CT molecular complexity index is 539. The molecule has 90 valence electrons. The molecule has 2 rings (SSSR count). The molecule has 3 nitrogen and oxygen atoms in total. The molecule has 5 heteroatoms. The lowest BCUT2D eigenvalue weighted by Crippen LogP contribution is -1.93. The van der Waals surface area contributed by atoms with Gasteiger partial charge >= 0.3 is 0 Å². The van der Waals surface area contributed by atoms with Crippen LogP contribution in [0.25, 0.3) is 11.3 Å². The van der Waals surface area contributed by atoms with E-state index in [0.717, 1.165) is 18.4 Å². The lowest BCUT2D eigenvalue weighted by molar-refractivity contribution is 0.434. The van der Waals surface area contributed by atoms with E-state index in [1.807, 2.05) is 6.92 Å². The zero-order valence-corrected chi connectivity index (χ0v) is 10.9. The molecule has 1 heterocycles. The number of rotatable bonds is 3. The quantitative estimate of drug-likeness (QED) is 0.938. The van der Waals surface area contributed by atoms with Gasteiger partial charge in [0.2, 0.25) is 0 Å². The number of aromatic nitrogens is 1. The van der Waals surface area contributed by atoms with Gasteiger partial charge < -0.3 is 10.3 Å². The molecule has 0 aliphatic carbocycles. The van der Waals surface area contributed by atoms with Gasteiger partial charge in [0, 0.05) is 11.1 Å². The van der Waals surface area contributed by atoms with E-state index in [1.54, 1.807) is 12.1 Å². The third kappa shape index (κ3) is 2.20. The summed E-state index contributed by atoms with van der Waals surface area (Å²) < 4.78 is 19.0. The first-order chi connectivity index (χ1) is 8.15. The summed E-state index contributed by atoms with van der Waals surface area (Å²) in [4.78, 5) is 0. The molecule has 1 aromatic heterocycles. The molecule has 0 amide bonds. The number of anilines is 1. The summed E-state index contributed by atoms with van der Waals surface area (Å²) in [6, 6.07) is 4.78. The summed E-state index contributed by atoms with van der Waals surface area (Å²) in [5.41, 5.74) is 7.21. The van der Waals surface area contributed by atoms with Gasteiger partial charge in [-0.05, 0) is 34.5 Å². The van der Waals surface area contributed by atoms with Crippen molar-refractivity contribution in [1.29, 1.82) is 0 Å². The van der Waals surface area contributed by atoms with Crippen LogP contribution in [0.4, 0.5) is 10.2 Å².